The molecule has 0 unspecified atom stereocenters. The van der Waals surface area contributed by atoms with E-state index in [-0.39, 0.29) is 5.82 Å². The van der Waals surface area contributed by atoms with Crippen LogP contribution in [0.1, 0.15) is 23.6 Å². The summed E-state index contributed by atoms with van der Waals surface area (Å²) < 4.78 is 25.9. The zero-order valence-electron chi connectivity index (χ0n) is 18.0. The highest BCUT2D eigenvalue weighted by Crippen LogP contribution is 2.36. The zero-order chi connectivity index (χ0) is 23.2. The summed E-state index contributed by atoms with van der Waals surface area (Å²) in [7, 11) is 0. The third kappa shape index (κ3) is 5.52. The fourth-order valence-electron chi connectivity index (χ4n) is 3.51. The van der Waals surface area contributed by atoms with Gasteiger partial charge in [0.2, 0.25) is 0 Å². The number of hydrogen-bond donors (Lipinski definition) is 0. The van der Waals surface area contributed by atoms with Crippen molar-refractivity contribution in [2.45, 2.75) is 13.5 Å². The maximum Gasteiger partial charge on any atom is 0.175 e. The second kappa shape index (κ2) is 10.5. The van der Waals surface area contributed by atoms with Gasteiger partial charge in [0.05, 0.1) is 21.8 Å². The van der Waals surface area contributed by atoms with E-state index in [0.717, 1.165) is 31.0 Å². The van der Waals surface area contributed by atoms with Gasteiger partial charge in [-0.1, -0.05) is 48.5 Å². The van der Waals surface area contributed by atoms with E-state index in [4.69, 9.17) is 9.47 Å². The van der Waals surface area contributed by atoms with Crippen molar-refractivity contribution in [3.05, 3.63) is 105 Å². The summed E-state index contributed by atoms with van der Waals surface area (Å²) in [6.07, 6.45) is 1.86. The molecule has 0 bridgehead atoms. The Kier molecular flexibility index (Phi) is 7.26. The molecule has 0 spiro atoms. The Morgan fingerprint density at radius 3 is 2.45 bits per heavy atom. The Morgan fingerprint density at radius 2 is 1.73 bits per heavy atom. The first-order valence-electron chi connectivity index (χ1n) is 10.5. The molecule has 0 heterocycles. The molecule has 0 N–H and O–H groups in total. The summed E-state index contributed by atoms with van der Waals surface area (Å²) in [5.41, 5.74) is 3.14. The molecule has 0 radical (unpaired) electrons. The van der Waals surface area contributed by atoms with Crippen molar-refractivity contribution in [1.82, 2.24) is 0 Å². The van der Waals surface area contributed by atoms with Gasteiger partial charge in [-0.3, -0.25) is 0 Å². The van der Waals surface area contributed by atoms with Crippen LogP contribution < -0.4 is 9.47 Å². The van der Waals surface area contributed by atoms with Crippen LogP contribution in [0.4, 0.5) is 4.39 Å². The molecule has 4 rings (SSSR count). The molecule has 0 aliphatic rings. The number of benzene rings is 4. The van der Waals surface area contributed by atoms with E-state index >= 15 is 0 Å². The molecule has 164 valence electrons. The number of ether oxygens (including phenoxy) is 2. The molecule has 3 nitrogen and oxygen atoms in total. The first-order valence-corrected chi connectivity index (χ1v) is 11.6. The van der Waals surface area contributed by atoms with E-state index in [9.17, 15) is 9.65 Å². The zero-order valence-corrected chi connectivity index (χ0v) is 20.2. The Hall–Kier alpha value is -3.37. The van der Waals surface area contributed by atoms with Crippen LogP contribution in [0.5, 0.6) is 11.5 Å². The van der Waals surface area contributed by atoms with Crippen molar-refractivity contribution < 1.29 is 13.9 Å². The van der Waals surface area contributed by atoms with E-state index < -0.39 is 0 Å². The number of fused-ring (bicyclic) bond motifs is 1. The Labute approximate surface area is 206 Å². The predicted molar refractivity (Wildman–Crippen MR) is 138 cm³/mol. The number of halogens is 2. The van der Waals surface area contributed by atoms with Gasteiger partial charge in [-0.05, 0) is 93.4 Å². The van der Waals surface area contributed by atoms with Crippen LogP contribution in [0, 0.1) is 20.7 Å². The topological polar surface area (TPSA) is 42.2 Å². The van der Waals surface area contributed by atoms with Crippen LogP contribution in [0.25, 0.3) is 22.4 Å². The molecular weight excluding hydrogens is 528 g/mol. The molecule has 0 saturated heterocycles. The third-order valence-electron chi connectivity index (χ3n) is 5.12. The van der Waals surface area contributed by atoms with Gasteiger partial charge in [0.15, 0.2) is 11.5 Å². The number of rotatable bonds is 7. The molecule has 0 amide bonds. The molecule has 0 atom stereocenters. The van der Waals surface area contributed by atoms with E-state index in [2.05, 4.69) is 34.7 Å². The fraction of sp³-hybridized carbons (Fsp3) is 0.107. The highest BCUT2D eigenvalue weighted by Gasteiger charge is 2.13. The fourth-order valence-corrected chi connectivity index (χ4v) is 4.30. The molecule has 0 fully saturated rings. The standard InChI is InChI=1S/C28H21FINO2/c1-2-32-27-15-20(14-26(30)28(27)33-18-19-7-11-25(29)12-8-19)13-24(17-31)23-10-9-21-5-3-4-6-22(21)16-23/h3-16H,2,18H2,1H3/b24-13-. The molecule has 0 aliphatic carbocycles. The summed E-state index contributed by atoms with van der Waals surface area (Å²) in [4.78, 5) is 0. The summed E-state index contributed by atoms with van der Waals surface area (Å²) in [6, 6.07) is 26.5. The summed E-state index contributed by atoms with van der Waals surface area (Å²) in [6.45, 7) is 2.69. The van der Waals surface area contributed by atoms with Gasteiger partial charge >= 0.3 is 0 Å². The van der Waals surface area contributed by atoms with Crippen LogP contribution in [0.15, 0.2) is 78.9 Å². The number of nitrogens with zero attached hydrogens (tertiary/aromatic N) is 1. The molecule has 0 aliphatic heterocycles. The lowest BCUT2D eigenvalue weighted by molar-refractivity contribution is 0.267. The van der Waals surface area contributed by atoms with Crippen molar-refractivity contribution in [1.29, 1.82) is 5.26 Å². The molecule has 4 aromatic rings. The van der Waals surface area contributed by atoms with E-state index in [1.165, 1.54) is 12.1 Å². The normalized spacial score (nSPS) is 11.3. The molecule has 0 saturated carbocycles. The quantitative estimate of drug-likeness (QED) is 0.135. The minimum absolute atomic E-state index is 0.279. The van der Waals surface area contributed by atoms with Crippen molar-refractivity contribution in [3.63, 3.8) is 0 Å². The maximum absolute atomic E-state index is 13.2. The van der Waals surface area contributed by atoms with Crippen LogP contribution in [0.2, 0.25) is 0 Å². The van der Waals surface area contributed by atoms with Crippen molar-refractivity contribution in [2.24, 2.45) is 0 Å². The molecule has 5 heteroatoms. The predicted octanol–water partition coefficient (Wildman–Crippen LogP) is 7.63. The Balaban J connectivity index is 1.65. The van der Waals surface area contributed by atoms with Crippen LogP contribution in [0.3, 0.4) is 0 Å². The summed E-state index contributed by atoms with van der Waals surface area (Å²) in [5.74, 6) is 0.955. The van der Waals surface area contributed by atoms with Crippen molar-refractivity contribution >= 4 is 45.0 Å². The van der Waals surface area contributed by atoms with Gasteiger partial charge < -0.3 is 9.47 Å². The highest BCUT2D eigenvalue weighted by atomic mass is 127. The second-order valence-corrected chi connectivity index (χ2v) is 8.57. The number of nitriles is 1. The molecule has 0 aromatic heterocycles. The Morgan fingerprint density at radius 1 is 0.970 bits per heavy atom. The van der Waals surface area contributed by atoms with Gasteiger partial charge in [0.1, 0.15) is 12.4 Å². The first-order chi connectivity index (χ1) is 16.1. The summed E-state index contributed by atoms with van der Waals surface area (Å²) >= 11 is 2.21. The van der Waals surface area contributed by atoms with Crippen molar-refractivity contribution in [2.75, 3.05) is 6.61 Å². The van der Waals surface area contributed by atoms with Gasteiger partial charge in [-0.15, -0.1) is 0 Å². The lowest BCUT2D eigenvalue weighted by atomic mass is 10.00. The molecular formula is C28H21FINO2. The van der Waals surface area contributed by atoms with Gasteiger partial charge in [-0.25, -0.2) is 4.39 Å². The first kappa shape index (κ1) is 22.8. The minimum Gasteiger partial charge on any atom is -0.490 e. The van der Waals surface area contributed by atoms with Crippen LogP contribution in [-0.4, -0.2) is 6.61 Å². The average Bonchev–Trinajstić information content (AvgIpc) is 2.83. The van der Waals surface area contributed by atoms with Gasteiger partial charge in [0, 0.05) is 0 Å². The van der Waals surface area contributed by atoms with E-state index in [1.54, 1.807) is 12.1 Å². The highest BCUT2D eigenvalue weighted by molar-refractivity contribution is 14.1. The number of hydrogen-bond acceptors (Lipinski definition) is 3. The second-order valence-electron chi connectivity index (χ2n) is 7.41. The van der Waals surface area contributed by atoms with E-state index in [1.807, 2.05) is 61.5 Å². The SMILES string of the molecule is CCOc1cc(/C=C(/C#N)c2ccc3ccccc3c2)cc(I)c1OCc1ccc(F)cc1. The van der Waals surface area contributed by atoms with Gasteiger partial charge in [0.25, 0.3) is 0 Å². The molecule has 4 aromatic carbocycles. The lowest BCUT2D eigenvalue weighted by Gasteiger charge is -2.15. The minimum atomic E-state index is -0.279. The van der Waals surface area contributed by atoms with Crippen LogP contribution >= 0.6 is 22.6 Å². The van der Waals surface area contributed by atoms with Crippen molar-refractivity contribution in [3.8, 4) is 17.6 Å². The maximum atomic E-state index is 13.2. The van der Waals surface area contributed by atoms with Gasteiger partial charge in [-0.2, -0.15) is 5.26 Å². The monoisotopic (exact) mass is 549 g/mol. The third-order valence-corrected chi connectivity index (χ3v) is 5.92. The smallest absolute Gasteiger partial charge is 0.175 e. The summed E-state index contributed by atoms with van der Waals surface area (Å²) in [5, 5.41) is 12.1. The largest absolute Gasteiger partial charge is 0.490 e. The molecule has 33 heavy (non-hydrogen) atoms. The lowest BCUT2D eigenvalue weighted by Crippen LogP contribution is -2.02. The van der Waals surface area contributed by atoms with E-state index in [0.29, 0.717) is 30.3 Å². The van der Waals surface area contributed by atoms with Crippen LogP contribution in [-0.2, 0) is 6.61 Å². The number of allylic oxidation sites excluding steroid dienone is 1. The Bertz CT molecular complexity index is 1360. The average molecular weight is 549 g/mol.